The lowest BCUT2D eigenvalue weighted by atomic mass is 10.2. The van der Waals surface area contributed by atoms with Crippen LogP contribution in [0.2, 0.25) is 5.02 Å². The van der Waals surface area contributed by atoms with Crippen molar-refractivity contribution in [1.29, 1.82) is 0 Å². The summed E-state index contributed by atoms with van der Waals surface area (Å²) in [6.45, 7) is 0. The van der Waals surface area contributed by atoms with E-state index >= 15 is 0 Å². The summed E-state index contributed by atoms with van der Waals surface area (Å²) in [5.74, 6) is -8.05. The molecule has 0 aliphatic heterocycles. The van der Waals surface area contributed by atoms with Crippen LogP contribution >= 0.6 is 11.6 Å². The van der Waals surface area contributed by atoms with Gasteiger partial charge < -0.3 is 11.1 Å². The molecule has 9 heteroatoms. The monoisotopic (exact) mass is 319 g/mol. The number of rotatable bonds is 2. The highest BCUT2D eigenvalue weighted by atomic mass is 35.5. The van der Waals surface area contributed by atoms with Crippen molar-refractivity contribution in [2.24, 2.45) is 0 Å². The predicted octanol–water partition coefficient (Wildman–Crippen LogP) is 3.13. The number of pyridine rings is 1. The number of hydrogen-bond donors (Lipinski definition) is 2. The zero-order valence-corrected chi connectivity index (χ0v) is 10.8. The highest BCUT2D eigenvalue weighted by Gasteiger charge is 2.22. The molecule has 110 valence electrons. The molecule has 3 N–H and O–H groups in total. The van der Waals surface area contributed by atoms with Gasteiger partial charge in [-0.05, 0) is 12.1 Å². The average molecular weight is 320 g/mol. The molecule has 0 fully saturated rings. The topological polar surface area (TPSA) is 68.0 Å². The summed E-state index contributed by atoms with van der Waals surface area (Å²) in [6, 6.07) is 2.55. The van der Waals surface area contributed by atoms with E-state index < -0.39 is 40.6 Å². The third-order valence-electron chi connectivity index (χ3n) is 2.43. The number of nitrogen functional groups attached to an aromatic ring is 1. The Morgan fingerprint density at radius 2 is 1.71 bits per heavy atom. The first-order valence-corrected chi connectivity index (χ1v) is 5.75. The molecule has 0 radical (unpaired) electrons. The first-order chi connectivity index (χ1) is 9.81. The van der Waals surface area contributed by atoms with Gasteiger partial charge in [-0.15, -0.1) is 0 Å². The predicted molar refractivity (Wildman–Crippen MR) is 67.9 cm³/mol. The Hall–Kier alpha value is -2.35. The van der Waals surface area contributed by atoms with Crippen LogP contribution in [0.3, 0.4) is 0 Å². The number of anilines is 2. The number of nitrogens with zero attached hydrogens (tertiary/aromatic N) is 1. The molecule has 0 unspecified atom stereocenters. The number of aromatic nitrogens is 1. The van der Waals surface area contributed by atoms with E-state index in [0.29, 0.717) is 0 Å². The molecule has 4 nitrogen and oxygen atoms in total. The van der Waals surface area contributed by atoms with Crippen molar-refractivity contribution in [1.82, 2.24) is 4.98 Å². The summed E-state index contributed by atoms with van der Waals surface area (Å²) >= 11 is 5.68. The van der Waals surface area contributed by atoms with Crippen LogP contribution in [0.5, 0.6) is 0 Å². The maximum absolute atomic E-state index is 13.4. The summed E-state index contributed by atoms with van der Waals surface area (Å²) in [4.78, 5) is 15.4. The van der Waals surface area contributed by atoms with Gasteiger partial charge in [0.2, 0.25) is 0 Å². The molecule has 0 atom stereocenters. The van der Waals surface area contributed by atoms with Gasteiger partial charge in [0.05, 0.1) is 5.02 Å². The number of carbonyl (C=O) groups is 1. The summed E-state index contributed by atoms with van der Waals surface area (Å²) < 4.78 is 52.9. The van der Waals surface area contributed by atoms with Crippen LogP contribution in [0.15, 0.2) is 18.2 Å². The lowest BCUT2D eigenvalue weighted by Gasteiger charge is -2.09. The molecular weight excluding hydrogens is 314 g/mol. The Morgan fingerprint density at radius 3 is 2.29 bits per heavy atom. The SMILES string of the molecule is Nc1ccc(Cl)c(C(=O)Nc2c(F)c(F)cc(F)c2F)n1. The summed E-state index contributed by atoms with van der Waals surface area (Å²) in [5.41, 5.74) is 3.62. The van der Waals surface area contributed by atoms with Crippen molar-refractivity contribution in [2.45, 2.75) is 0 Å². The number of carbonyl (C=O) groups excluding carboxylic acids is 1. The fourth-order valence-electron chi connectivity index (χ4n) is 1.47. The Morgan fingerprint density at radius 1 is 1.14 bits per heavy atom. The zero-order valence-electron chi connectivity index (χ0n) is 10.1. The van der Waals surface area contributed by atoms with Gasteiger partial charge in [-0.25, -0.2) is 22.5 Å². The van der Waals surface area contributed by atoms with Crippen molar-refractivity contribution in [3.8, 4) is 0 Å². The molecule has 0 saturated carbocycles. The fraction of sp³-hybridized carbons (Fsp3) is 0. The van der Waals surface area contributed by atoms with Gasteiger partial charge in [0.15, 0.2) is 23.3 Å². The Balaban J connectivity index is 2.43. The Bertz CT molecular complexity index is 713. The summed E-state index contributed by atoms with van der Waals surface area (Å²) in [7, 11) is 0. The molecule has 1 aromatic heterocycles. The highest BCUT2D eigenvalue weighted by Crippen LogP contribution is 2.25. The molecule has 1 aromatic carbocycles. The minimum absolute atomic E-state index is 0.0199. The zero-order chi connectivity index (χ0) is 15.7. The molecule has 2 rings (SSSR count). The fourth-order valence-corrected chi connectivity index (χ4v) is 1.66. The van der Waals surface area contributed by atoms with Crippen molar-refractivity contribution in [2.75, 3.05) is 11.1 Å². The molecule has 0 spiro atoms. The van der Waals surface area contributed by atoms with E-state index in [2.05, 4.69) is 4.98 Å². The smallest absolute Gasteiger partial charge is 0.276 e. The van der Waals surface area contributed by atoms with Gasteiger partial charge in [0.25, 0.3) is 5.91 Å². The minimum atomic E-state index is -1.75. The molecule has 1 amide bonds. The van der Waals surface area contributed by atoms with Crippen LogP contribution in [-0.2, 0) is 0 Å². The second kappa shape index (κ2) is 5.57. The van der Waals surface area contributed by atoms with Gasteiger partial charge in [0.1, 0.15) is 17.2 Å². The highest BCUT2D eigenvalue weighted by molar-refractivity contribution is 6.34. The average Bonchev–Trinajstić information content (AvgIpc) is 2.43. The number of amides is 1. The van der Waals surface area contributed by atoms with Crippen LogP contribution in [-0.4, -0.2) is 10.9 Å². The van der Waals surface area contributed by atoms with Gasteiger partial charge in [-0.3, -0.25) is 4.79 Å². The van der Waals surface area contributed by atoms with Crippen LogP contribution in [0, 0.1) is 23.3 Å². The van der Waals surface area contributed by atoms with E-state index in [9.17, 15) is 22.4 Å². The number of hydrogen-bond acceptors (Lipinski definition) is 3. The largest absolute Gasteiger partial charge is 0.384 e. The summed E-state index contributed by atoms with van der Waals surface area (Å²) in [6.07, 6.45) is 0. The third-order valence-corrected chi connectivity index (χ3v) is 2.74. The quantitative estimate of drug-likeness (QED) is 0.660. The Labute approximate surface area is 120 Å². The molecule has 0 bridgehead atoms. The normalized spacial score (nSPS) is 10.5. The minimum Gasteiger partial charge on any atom is -0.384 e. The van der Waals surface area contributed by atoms with E-state index in [-0.39, 0.29) is 16.9 Å². The van der Waals surface area contributed by atoms with Crippen LogP contribution in [0.1, 0.15) is 10.5 Å². The maximum Gasteiger partial charge on any atom is 0.276 e. The molecule has 21 heavy (non-hydrogen) atoms. The molecule has 0 aliphatic carbocycles. The van der Waals surface area contributed by atoms with E-state index in [1.807, 2.05) is 0 Å². The van der Waals surface area contributed by atoms with E-state index in [0.717, 1.165) is 0 Å². The van der Waals surface area contributed by atoms with Crippen molar-refractivity contribution < 1.29 is 22.4 Å². The van der Waals surface area contributed by atoms with Crippen molar-refractivity contribution in [3.05, 3.63) is 52.2 Å². The second-order valence-corrected chi connectivity index (χ2v) is 4.27. The molecule has 0 saturated heterocycles. The second-order valence-electron chi connectivity index (χ2n) is 3.86. The third kappa shape index (κ3) is 2.89. The standard InChI is InChI=1S/C12H6ClF4N3O/c13-4-1-2-7(18)19-10(4)12(21)20-11-8(16)5(14)3-6(15)9(11)17/h1-3H,(H2,18,19)(H,20,21). The lowest BCUT2D eigenvalue weighted by Crippen LogP contribution is -2.18. The maximum atomic E-state index is 13.4. The number of nitrogens with one attached hydrogen (secondary N) is 1. The van der Waals surface area contributed by atoms with E-state index in [1.54, 1.807) is 5.32 Å². The lowest BCUT2D eigenvalue weighted by molar-refractivity contribution is 0.102. The van der Waals surface area contributed by atoms with Gasteiger partial charge in [-0.1, -0.05) is 11.6 Å². The molecule has 0 aliphatic rings. The van der Waals surface area contributed by atoms with E-state index in [4.69, 9.17) is 17.3 Å². The van der Waals surface area contributed by atoms with Gasteiger partial charge >= 0.3 is 0 Å². The van der Waals surface area contributed by atoms with Crippen LogP contribution in [0.4, 0.5) is 29.1 Å². The van der Waals surface area contributed by atoms with E-state index in [1.165, 1.54) is 12.1 Å². The number of nitrogens with two attached hydrogens (primary N) is 1. The van der Waals surface area contributed by atoms with Crippen molar-refractivity contribution in [3.63, 3.8) is 0 Å². The Kier molecular flexibility index (Phi) is 3.99. The number of benzene rings is 1. The van der Waals surface area contributed by atoms with Gasteiger partial charge in [-0.2, -0.15) is 0 Å². The van der Waals surface area contributed by atoms with Crippen LogP contribution in [0.25, 0.3) is 0 Å². The first-order valence-electron chi connectivity index (χ1n) is 5.37. The van der Waals surface area contributed by atoms with Crippen LogP contribution < -0.4 is 11.1 Å². The van der Waals surface area contributed by atoms with Gasteiger partial charge in [0, 0.05) is 6.07 Å². The number of halogens is 5. The van der Waals surface area contributed by atoms with Crippen molar-refractivity contribution >= 4 is 29.0 Å². The molecule has 2 aromatic rings. The molecular formula is C12H6ClF4N3O. The first kappa shape index (κ1) is 15.0. The molecule has 1 heterocycles. The summed E-state index contributed by atoms with van der Waals surface area (Å²) in [5, 5.41) is 1.52.